The summed E-state index contributed by atoms with van der Waals surface area (Å²) < 4.78 is 5.82. The number of nitrogens with one attached hydrogen (secondary N) is 1. The van der Waals surface area contributed by atoms with E-state index in [1.807, 2.05) is 50.4 Å². The fraction of sp³-hybridized carbons (Fsp3) is 0.553. The number of hydrogen-bond acceptors (Lipinski definition) is 7. The Morgan fingerprint density at radius 3 is 2.00 bits per heavy atom. The highest BCUT2D eigenvalue weighted by Gasteiger charge is 2.23. The highest BCUT2D eigenvalue weighted by atomic mass is 16.5. The third kappa shape index (κ3) is 13.0. The van der Waals surface area contributed by atoms with Crippen LogP contribution in [0.2, 0.25) is 0 Å². The number of morpholine rings is 1. The van der Waals surface area contributed by atoms with Crippen LogP contribution in [-0.2, 0) is 24.2 Å². The van der Waals surface area contributed by atoms with E-state index in [1.165, 1.54) is 55.3 Å². The van der Waals surface area contributed by atoms with Crippen molar-refractivity contribution in [3.8, 4) is 0 Å². The smallest absolute Gasteiger partial charge is 0.132 e. The summed E-state index contributed by atoms with van der Waals surface area (Å²) in [7, 11) is 0. The Morgan fingerprint density at radius 1 is 0.778 bits per heavy atom. The lowest BCUT2D eigenvalue weighted by molar-refractivity contribution is -0.00526. The van der Waals surface area contributed by atoms with Gasteiger partial charge in [-0.15, -0.1) is 0 Å². The second kappa shape index (κ2) is 22.4. The Balaban J connectivity index is 0.000000235. The van der Waals surface area contributed by atoms with Crippen molar-refractivity contribution in [3.05, 3.63) is 83.6 Å². The number of benzene rings is 2. The summed E-state index contributed by atoms with van der Waals surface area (Å²) in [4.78, 5) is 9.26. The van der Waals surface area contributed by atoms with Crippen molar-refractivity contribution in [3.63, 3.8) is 0 Å². The quantitative estimate of drug-likeness (QED) is 0.226. The summed E-state index contributed by atoms with van der Waals surface area (Å²) in [6.45, 7) is 19.1. The monoisotopic (exact) mass is 618 g/mol. The van der Waals surface area contributed by atoms with Gasteiger partial charge in [0.15, 0.2) is 0 Å². The number of pyridine rings is 1. The van der Waals surface area contributed by atoms with Crippen LogP contribution in [0.5, 0.6) is 0 Å². The molecule has 0 spiro atoms. The number of para-hydroxylation sites is 2. The van der Waals surface area contributed by atoms with E-state index in [9.17, 15) is 0 Å². The predicted molar refractivity (Wildman–Crippen MR) is 195 cm³/mol. The molecule has 0 bridgehead atoms. The molecule has 1 aromatic heterocycles. The van der Waals surface area contributed by atoms with Crippen LogP contribution in [0.3, 0.4) is 0 Å². The van der Waals surface area contributed by atoms with Gasteiger partial charge in [-0.1, -0.05) is 69.7 Å². The number of unbranched alkanes of at least 4 members (excludes halogenated alkanes) is 1. The van der Waals surface area contributed by atoms with Crippen molar-refractivity contribution < 1.29 is 4.74 Å². The lowest BCUT2D eigenvalue weighted by Crippen LogP contribution is -2.45. The molecule has 5 N–H and O–H groups in total. The van der Waals surface area contributed by atoms with E-state index in [2.05, 4.69) is 78.1 Å². The fourth-order valence-corrected chi connectivity index (χ4v) is 5.81. The molecule has 0 aliphatic carbocycles. The van der Waals surface area contributed by atoms with Gasteiger partial charge in [0.05, 0.1) is 12.2 Å². The van der Waals surface area contributed by atoms with Crippen LogP contribution in [0.1, 0.15) is 90.3 Å². The van der Waals surface area contributed by atoms with E-state index in [0.29, 0.717) is 25.3 Å². The second-order valence-corrected chi connectivity index (χ2v) is 11.5. The Kier molecular flexibility index (Phi) is 18.9. The molecule has 2 aliphatic rings. The number of piperidine rings is 1. The van der Waals surface area contributed by atoms with Gasteiger partial charge in [-0.25, -0.2) is 4.98 Å². The normalized spacial score (nSPS) is 17.5. The summed E-state index contributed by atoms with van der Waals surface area (Å²) in [6, 6.07) is 21.0. The second-order valence-electron chi connectivity index (χ2n) is 11.5. The Labute approximate surface area is 274 Å². The summed E-state index contributed by atoms with van der Waals surface area (Å²) >= 11 is 0. The minimum Gasteiger partial charge on any atom is -0.385 e. The first-order valence-electron chi connectivity index (χ1n) is 17.4. The summed E-state index contributed by atoms with van der Waals surface area (Å²) in [5.74, 6) is 1.09. The molecule has 45 heavy (non-hydrogen) atoms. The number of aryl methyl sites for hydroxylation is 1. The van der Waals surface area contributed by atoms with Crippen molar-refractivity contribution in [2.45, 2.75) is 105 Å². The lowest BCUT2D eigenvalue weighted by Gasteiger charge is -2.37. The number of aromatic nitrogens is 1. The summed E-state index contributed by atoms with van der Waals surface area (Å²) in [5.41, 5.74) is 17.6. The van der Waals surface area contributed by atoms with Crippen LogP contribution in [0, 0.1) is 0 Å². The minimum absolute atomic E-state index is 0.327. The van der Waals surface area contributed by atoms with Gasteiger partial charge in [0.2, 0.25) is 0 Å². The molecule has 3 heterocycles. The Hall–Kier alpha value is -3.13. The fourth-order valence-electron chi connectivity index (χ4n) is 5.81. The molecule has 0 radical (unpaired) electrons. The molecule has 5 rings (SSSR count). The van der Waals surface area contributed by atoms with Crippen LogP contribution in [0.4, 0.5) is 17.2 Å². The van der Waals surface area contributed by atoms with Crippen LogP contribution < -0.4 is 26.6 Å². The van der Waals surface area contributed by atoms with E-state index in [1.54, 1.807) is 0 Å². The lowest BCUT2D eigenvalue weighted by atomic mass is 10.0. The van der Waals surface area contributed by atoms with Gasteiger partial charge in [-0.3, -0.25) is 0 Å². The molecule has 0 amide bonds. The number of nitrogens with zero attached hydrogens (tertiary/aromatic N) is 3. The molecule has 2 aliphatic heterocycles. The maximum absolute atomic E-state index is 5.82. The van der Waals surface area contributed by atoms with E-state index < -0.39 is 0 Å². The standard InChI is InChI=1S/C16H25NO.C11H17N3.C9H14N2.C2H6/c1-4-5-8-15-9-6-7-10-16(15)17-11-13(2)18-14(3)12-17;12-9-10-5-4-6-13-11(10)14-7-2-1-3-8-14;1-2-11-9-6-4-3-5-8(9)7-10;1-2/h6-7,9-10,13-14H,4-5,8,11-12H2,1-3H3;4-6H,1-3,7-9,12H2;3-6,11H,2,7,10H2,1H3;1-2H3. The predicted octanol–water partition coefficient (Wildman–Crippen LogP) is 7.78. The SMILES string of the molecule is CC.CCCCc1ccccc1N1CC(C)OC(C)C1.CCNc1ccccc1CN.NCc1cccnc1N1CCCCC1. The molecule has 2 saturated heterocycles. The Bertz CT molecular complexity index is 1170. The van der Waals surface area contributed by atoms with Crippen LogP contribution in [0.15, 0.2) is 66.9 Å². The molecule has 2 unspecified atom stereocenters. The van der Waals surface area contributed by atoms with Crippen molar-refractivity contribution >= 4 is 17.2 Å². The maximum atomic E-state index is 5.82. The molecular formula is C38H62N6O. The van der Waals surface area contributed by atoms with E-state index >= 15 is 0 Å². The van der Waals surface area contributed by atoms with Gasteiger partial charge in [0, 0.05) is 68.9 Å². The van der Waals surface area contributed by atoms with Gasteiger partial charge in [0.1, 0.15) is 5.82 Å². The van der Waals surface area contributed by atoms with E-state index in [-0.39, 0.29) is 0 Å². The number of anilines is 3. The zero-order valence-electron chi connectivity index (χ0n) is 29.1. The third-order valence-corrected chi connectivity index (χ3v) is 7.90. The van der Waals surface area contributed by atoms with Crippen LogP contribution in [-0.4, -0.2) is 49.9 Å². The Morgan fingerprint density at radius 2 is 1.38 bits per heavy atom. The molecule has 0 saturated carbocycles. The zero-order valence-corrected chi connectivity index (χ0v) is 29.1. The highest BCUT2D eigenvalue weighted by molar-refractivity contribution is 5.54. The average Bonchev–Trinajstić information content (AvgIpc) is 3.09. The van der Waals surface area contributed by atoms with Crippen molar-refractivity contribution in [1.82, 2.24) is 4.98 Å². The van der Waals surface area contributed by atoms with Gasteiger partial charge in [-0.05, 0) is 82.2 Å². The van der Waals surface area contributed by atoms with Gasteiger partial charge in [0.25, 0.3) is 0 Å². The number of rotatable bonds is 9. The van der Waals surface area contributed by atoms with Crippen LogP contribution in [0.25, 0.3) is 0 Å². The molecule has 7 heteroatoms. The first-order valence-corrected chi connectivity index (χ1v) is 17.4. The summed E-state index contributed by atoms with van der Waals surface area (Å²) in [6.07, 6.45) is 10.1. The molecule has 2 aromatic carbocycles. The van der Waals surface area contributed by atoms with Crippen LogP contribution >= 0.6 is 0 Å². The molecule has 3 aromatic rings. The summed E-state index contributed by atoms with van der Waals surface area (Å²) in [5, 5.41) is 3.25. The average molecular weight is 619 g/mol. The molecular weight excluding hydrogens is 556 g/mol. The number of nitrogens with two attached hydrogens (primary N) is 2. The largest absolute Gasteiger partial charge is 0.385 e. The van der Waals surface area contributed by atoms with Crippen molar-refractivity contribution in [2.75, 3.05) is 47.8 Å². The molecule has 7 nitrogen and oxygen atoms in total. The topological polar surface area (TPSA) is 92.7 Å². The van der Waals surface area contributed by atoms with E-state index in [4.69, 9.17) is 16.2 Å². The van der Waals surface area contributed by atoms with Gasteiger partial charge < -0.3 is 31.3 Å². The maximum Gasteiger partial charge on any atom is 0.132 e. The van der Waals surface area contributed by atoms with Crippen molar-refractivity contribution in [2.24, 2.45) is 11.5 Å². The molecule has 250 valence electrons. The zero-order chi connectivity index (χ0) is 32.9. The number of ether oxygens (including phenoxy) is 1. The van der Waals surface area contributed by atoms with Crippen molar-refractivity contribution in [1.29, 1.82) is 0 Å². The molecule has 2 atom stereocenters. The van der Waals surface area contributed by atoms with Gasteiger partial charge >= 0.3 is 0 Å². The molecule has 2 fully saturated rings. The first kappa shape index (κ1) is 38.1. The van der Waals surface area contributed by atoms with Gasteiger partial charge in [-0.2, -0.15) is 0 Å². The van der Waals surface area contributed by atoms with E-state index in [0.717, 1.165) is 49.8 Å². The third-order valence-electron chi connectivity index (χ3n) is 7.90. The first-order chi connectivity index (χ1) is 22.0. The minimum atomic E-state index is 0.327. The number of hydrogen-bond donors (Lipinski definition) is 3. The highest BCUT2D eigenvalue weighted by Crippen LogP contribution is 2.26.